The van der Waals surface area contributed by atoms with Crippen molar-refractivity contribution in [2.75, 3.05) is 5.73 Å². The number of aryl methyl sites for hydroxylation is 1. The Kier molecular flexibility index (Phi) is 2.72. The van der Waals surface area contributed by atoms with Gasteiger partial charge in [-0.25, -0.2) is 9.97 Å². The minimum Gasteiger partial charge on any atom is -0.383 e. The fraction of sp³-hybridized carbons (Fsp3) is 0.600. The topological polar surface area (TPSA) is 51.8 Å². The molecular weight excluding hydrogens is 242 g/mol. The van der Waals surface area contributed by atoms with E-state index in [0.717, 1.165) is 16.0 Å². The van der Waals surface area contributed by atoms with Crippen molar-refractivity contribution in [1.29, 1.82) is 0 Å². The van der Waals surface area contributed by atoms with Gasteiger partial charge in [0.2, 0.25) is 0 Å². The highest BCUT2D eigenvalue weighted by Gasteiger charge is 2.21. The summed E-state index contributed by atoms with van der Waals surface area (Å²) in [5, 5.41) is 0. The van der Waals surface area contributed by atoms with Gasteiger partial charge in [0, 0.05) is 5.92 Å². The van der Waals surface area contributed by atoms with Crippen molar-refractivity contribution in [3.8, 4) is 0 Å². The van der Waals surface area contributed by atoms with Crippen LogP contribution in [0.2, 0.25) is 0 Å². The van der Waals surface area contributed by atoms with E-state index in [-0.39, 0.29) is 0 Å². The average Bonchev–Trinajstić information content (AvgIpc) is 2.66. The van der Waals surface area contributed by atoms with E-state index >= 15 is 0 Å². The summed E-state index contributed by atoms with van der Waals surface area (Å²) in [6, 6.07) is 0. The minimum atomic E-state index is 0.532. The van der Waals surface area contributed by atoms with Gasteiger partial charge in [-0.1, -0.05) is 12.8 Å². The molecule has 1 aliphatic carbocycles. The molecule has 0 radical (unpaired) electrons. The van der Waals surface area contributed by atoms with Crippen LogP contribution < -0.4 is 5.73 Å². The zero-order chi connectivity index (χ0) is 10.1. The van der Waals surface area contributed by atoms with Gasteiger partial charge >= 0.3 is 0 Å². The summed E-state index contributed by atoms with van der Waals surface area (Å²) in [6.45, 7) is 1.96. The van der Waals surface area contributed by atoms with Crippen molar-refractivity contribution in [3.05, 3.63) is 16.0 Å². The van der Waals surface area contributed by atoms with Gasteiger partial charge < -0.3 is 5.73 Å². The summed E-state index contributed by atoms with van der Waals surface area (Å²) in [6.07, 6.45) is 5.01. The molecule has 0 unspecified atom stereocenters. The van der Waals surface area contributed by atoms with Crippen molar-refractivity contribution in [2.45, 2.75) is 38.5 Å². The molecule has 2 rings (SSSR count). The number of hydrogen-bond donors (Lipinski definition) is 1. The van der Waals surface area contributed by atoms with Crippen LogP contribution in [0.1, 0.15) is 43.1 Å². The number of hydrogen-bond acceptors (Lipinski definition) is 3. The molecule has 1 fully saturated rings. The number of nitrogens with two attached hydrogens (primary N) is 1. The highest BCUT2D eigenvalue weighted by molar-refractivity contribution is 9.10. The van der Waals surface area contributed by atoms with Crippen LogP contribution in [0.5, 0.6) is 0 Å². The molecule has 0 aliphatic heterocycles. The van der Waals surface area contributed by atoms with E-state index in [9.17, 15) is 0 Å². The second-order valence-electron chi connectivity index (χ2n) is 3.85. The Bertz CT molecular complexity index is 322. The lowest BCUT2D eigenvalue weighted by Crippen LogP contribution is -2.06. The summed E-state index contributed by atoms with van der Waals surface area (Å²) in [7, 11) is 0. The monoisotopic (exact) mass is 255 g/mol. The van der Waals surface area contributed by atoms with Gasteiger partial charge in [0.15, 0.2) is 0 Å². The molecule has 1 aromatic heterocycles. The third kappa shape index (κ3) is 1.75. The highest BCUT2D eigenvalue weighted by atomic mass is 79.9. The predicted molar refractivity (Wildman–Crippen MR) is 60.1 cm³/mol. The van der Waals surface area contributed by atoms with E-state index in [0.29, 0.717) is 11.7 Å². The first-order valence-corrected chi connectivity index (χ1v) is 5.77. The van der Waals surface area contributed by atoms with Crippen LogP contribution in [0.15, 0.2) is 4.47 Å². The predicted octanol–water partition coefficient (Wildman–Crippen LogP) is 2.79. The molecule has 0 spiro atoms. The van der Waals surface area contributed by atoms with Crippen LogP contribution >= 0.6 is 15.9 Å². The van der Waals surface area contributed by atoms with E-state index in [2.05, 4.69) is 25.9 Å². The van der Waals surface area contributed by atoms with Gasteiger partial charge in [0.25, 0.3) is 0 Å². The van der Waals surface area contributed by atoms with Gasteiger partial charge in [0.1, 0.15) is 11.6 Å². The van der Waals surface area contributed by atoms with Gasteiger partial charge in [-0.05, 0) is 35.7 Å². The molecule has 1 saturated carbocycles. The second-order valence-corrected chi connectivity index (χ2v) is 4.64. The zero-order valence-electron chi connectivity index (χ0n) is 8.26. The van der Waals surface area contributed by atoms with E-state index in [1.54, 1.807) is 0 Å². The maximum atomic E-state index is 5.79. The maximum Gasteiger partial charge on any atom is 0.141 e. The normalized spacial score (nSPS) is 17.6. The molecular formula is C10H14BrN3. The second kappa shape index (κ2) is 3.85. The quantitative estimate of drug-likeness (QED) is 0.840. The molecule has 1 aliphatic rings. The largest absolute Gasteiger partial charge is 0.383 e. The van der Waals surface area contributed by atoms with Crippen molar-refractivity contribution in [2.24, 2.45) is 0 Å². The van der Waals surface area contributed by atoms with E-state index in [4.69, 9.17) is 5.73 Å². The van der Waals surface area contributed by atoms with E-state index in [1.165, 1.54) is 25.7 Å². The van der Waals surface area contributed by atoms with E-state index in [1.807, 2.05) is 6.92 Å². The Morgan fingerprint density at radius 3 is 2.50 bits per heavy atom. The van der Waals surface area contributed by atoms with Crippen LogP contribution in [0.3, 0.4) is 0 Å². The third-order valence-corrected chi connectivity index (χ3v) is 3.76. The molecule has 0 atom stereocenters. The number of anilines is 1. The van der Waals surface area contributed by atoms with Crippen LogP contribution in [0, 0.1) is 6.92 Å². The van der Waals surface area contributed by atoms with Gasteiger partial charge in [0.05, 0.1) is 10.2 Å². The Morgan fingerprint density at radius 2 is 1.93 bits per heavy atom. The standard InChI is InChI=1S/C10H14BrN3/c1-6-8(11)9(12)14-10(13-6)7-4-2-3-5-7/h7H,2-5H2,1H3,(H2,12,13,14). The minimum absolute atomic E-state index is 0.532. The fourth-order valence-electron chi connectivity index (χ4n) is 1.97. The molecule has 0 saturated heterocycles. The first kappa shape index (κ1) is 9.90. The molecule has 0 bridgehead atoms. The molecule has 4 heteroatoms. The molecule has 1 heterocycles. The average molecular weight is 256 g/mol. The number of nitrogens with zero attached hydrogens (tertiary/aromatic N) is 2. The number of halogens is 1. The number of nitrogen functional groups attached to an aromatic ring is 1. The summed E-state index contributed by atoms with van der Waals surface area (Å²) in [5.41, 5.74) is 6.73. The molecule has 76 valence electrons. The lowest BCUT2D eigenvalue weighted by molar-refractivity contribution is 0.664. The smallest absolute Gasteiger partial charge is 0.141 e. The Balaban J connectivity index is 2.34. The molecule has 2 N–H and O–H groups in total. The number of rotatable bonds is 1. The SMILES string of the molecule is Cc1nc(C2CCCC2)nc(N)c1Br. The summed E-state index contributed by atoms with van der Waals surface area (Å²) < 4.78 is 0.833. The fourth-order valence-corrected chi connectivity index (χ4v) is 2.15. The first-order chi connectivity index (χ1) is 6.68. The van der Waals surface area contributed by atoms with Crippen molar-refractivity contribution < 1.29 is 0 Å². The highest BCUT2D eigenvalue weighted by Crippen LogP contribution is 2.33. The Labute approximate surface area is 92.3 Å². The summed E-state index contributed by atoms with van der Waals surface area (Å²) in [5.74, 6) is 2.03. The molecule has 0 aromatic carbocycles. The van der Waals surface area contributed by atoms with Gasteiger partial charge in [-0.3, -0.25) is 0 Å². The Hall–Kier alpha value is -0.640. The van der Waals surface area contributed by atoms with Crippen molar-refractivity contribution in [1.82, 2.24) is 9.97 Å². The van der Waals surface area contributed by atoms with Crippen LogP contribution in [-0.2, 0) is 0 Å². The van der Waals surface area contributed by atoms with Crippen molar-refractivity contribution >= 4 is 21.7 Å². The molecule has 3 nitrogen and oxygen atoms in total. The van der Waals surface area contributed by atoms with E-state index < -0.39 is 0 Å². The molecule has 14 heavy (non-hydrogen) atoms. The number of aromatic nitrogens is 2. The van der Waals surface area contributed by atoms with Gasteiger partial charge in [-0.2, -0.15) is 0 Å². The van der Waals surface area contributed by atoms with Crippen LogP contribution in [0.4, 0.5) is 5.82 Å². The lowest BCUT2D eigenvalue weighted by atomic mass is 10.1. The maximum absolute atomic E-state index is 5.79. The van der Waals surface area contributed by atoms with Crippen LogP contribution in [-0.4, -0.2) is 9.97 Å². The summed E-state index contributed by atoms with van der Waals surface area (Å²) >= 11 is 3.37. The molecule has 0 amide bonds. The zero-order valence-corrected chi connectivity index (χ0v) is 9.84. The molecule has 1 aromatic rings. The Morgan fingerprint density at radius 1 is 1.29 bits per heavy atom. The third-order valence-electron chi connectivity index (χ3n) is 2.78. The first-order valence-electron chi connectivity index (χ1n) is 4.98. The van der Waals surface area contributed by atoms with Crippen LogP contribution in [0.25, 0.3) is 0 Å². The van der Waals surface area contributed by atoms with Gasteiger partial charge in [-0.15, -0.1) is 0 Å². The summed E-state index contributed by atoms with van der Waals surface area (Å²) in [4.78, 5) is 8.81. The lowest BCUT2D eigenvalue weighted by Gasteiger charge is -2.10. The van der Waals surface area contributed by atoms with Crippen molar-refractivity contribution in [3.63, 3.8) is 0 Å².